The molecule has 0 spiro atoms. The fourth-order valence-corrected chi connectivity index (χ4v) is 2.83. The molecule has 0 N–H and O–H groups in total. The molecule has 0 aliphatic carbocycles. The van der Waals surface area contributed by atoms with Crippen LogP contribution in [0.1, 0.15) is 25.3 Å². The van der Waals surface area contributed by atoms with Crippen molar-refractivity contribution in [3.63, 3.8) is 0 Å². The highest BCUT2D eigenvalue weighted by Gasteiger charge is 2.21. The van der Waals surface area contributed by atoms with Crippen molar-refractivity contribution in [2.24, 2.45) is 0 Å². The minimum Gasteiger partial charge on any atom is -0.345 e. The molecule has 1 rings (SSSR count). The Morgan fingerprint density at radius 1 is 1.17 bits per heavy atom. The van der Waals surface area contributed by atoms with Crippen LogP contribution < -0.4 is 0 Å². The van der Waals surface area contributed by atoms with Gasteiger partial charge in [0, 0.05) is 20.1 Å². The number of carbonyl (C=O) groups excluding carboxylic acids is 1. The zero-order valence-electron chi connectivity index (χ0n) is 14.0. The minimum atomic E-state index is -3.48. The average molecular weight is 344 g/mol. The number of sulfonamides is 1. The molecule has 0 radical (unpaired) electrons. The normalized spacial score (nSPS) is 11.7. The van der Waals surface area contributed by atoms with Gasteiger partial charge < -0.3 is 4.90 Å². The van der Waals surface area contributed by atoms with E-state index in [1.807, 2.05) is 6.92 Å². The summed E-state index contributed by atoms with van der Waals surface area (Å²) in [6.07, 6.45) is 3.38. The second kappa shape index (κ2) is 8.98. The average Bonchev–Trinajstić information content (AvgIpc) is 2.49. The van der Waals surface area contributed by atoms with Gasteiger partial charge in [-0.15, -0.1) is 0 Å². The molecule has 0 aliphatic heterocycles. The van der Waals surface area contributed by atoms with E-state index in [9.17, 15) is 17.6 Å². The summed E-state index contributed by atoms with van der Waals surface area (Å²) < 4.78 is 37.8. The van der Waals surface area contributed by atoms with Crippen LogP contribution in [0.25, 0.3) is 0 Å². The first-order valence-electron chi connectivity index (χ1n) is 7.67. The van der Waals surface area contributed by atoms with Crippen molar-refractivity contribution in [1.82, 2.24) is 9.21 Å². The third-order valence-corrected chi connectivity index (χ3v) is 4.87. The summed E-state index contributed by atoms with van der Waals surface area (Å²) in [5.74, 6) is -0.551. The zero-order chi connectivity index (χ0) is 17.5. The Hall–Kier alpha value is -1.47. The molecule has 0 aliphatic rings. The molecule has 0 bridgehead atoms. The van der Waals surface area contributed by atoms with E-state index >= 15 is 0 Å². The Morgan fingerprint density at radius 2 is 1.78 bits per heavy atom. The second-order valence-electron chi connectivity index (χ2n) is 5.64. The molecule has 130 valence electrons. The maximum Gasteiger partial charge on any atom is 0.237 e. The van der Waals surface area contributed by atoms with Crippen LogP contribution in [0.4, 0.5) is 4.39 Å². The Balaban J connectivity index is 2.66. The summed E-state index contributed by atoms with van der Waals surface area (Å²) in [5, 5.41) is 0. The molecule has 5 nitrogen and oxygen atoms in total. The van der Waals surface area contributed by atoms with Crippen molar-refractivity contribution in [2.75, 3.05) is 32.9 Å². The van der Waals surface area contributed by atoms with E-state index < -0.39 is 10.0 Å². The SMILES string of the molecule is CCCCN(C)C(=O)CN(CCc1ccc(F)cc1)S(C)(=O)=O. The van der Waals surface area contributed by atoms with E-state index in [4.69, 9.17) is 0 Å². The zero-order valence-corrected chi connectivity index (χ0v) is 14.8. The van der Waals surface area contributed by atoms with Crippen LogP contribution in [-0.2, 0) is 21.2 Å². The van der Waals surface area contributed by atoms with Crippen LogP contribution in [0.5, 0.6) is 0 Å². The summed E-state index contributed by atoms with van der Waals surface area (Å²) >= 11 is 0. The van der Waals surface area contributed by atoms with Crippen molar-refractivity contribution >= 4 is 15.9 Å². The number of nitrogens with zero attached hydrogens (tertiary/aromatic N) is 2. The highest BCUT2D eigenvalue weighted by molar-refractivity contribution is 7.88. The Kier molecular flexibility index (Phi) is 7.64. The fourth-order valence-electron chi connectivity index (χ4n) is 2.06. The summed E-state index contributed by atoms with van der Waals surface area (Å²) in [6, 6.07) is 5.91. The smallest absolute Gasteiger partial charge is 0.237 e. The topological polar surface area (TPSA) is 57.7 Å². The molecule has 0 fully saturated rings. The molecular weight excluding hydrogens is 319 g/mol. The number of amides is 1. The van der Waals surface area contributed by atoms with E-state index in [1.165, 1.54) is 16.4 Å². The molecule has 7 heteroatoms. The number of rotatable bonds is 9. The number of unbranched alkanes of at least 4 members (excludes halogenated alkanes) is 1. The Labute approximate surface area is 138 Å². The lowest BCUT2D eigenvalue weighted by molar-refractivity contribution is -0.130. The monoisotopic (exact) mass is 344 g/mol. The Bertz CT molecular complexity index is 602. The van der Waals surface area contributed by atoms with Crippen molar-refractivity contribution < 1.29 is 17.6 Å². The van der Waals surface area contributed by atoms with Gasteiger partial charge in [-0.05, 0) is 30.5 Å². The van der Waals surface area contributed by atoms with E-state index in [1.54, 1.807) is 24.1 Å². The van der Waals surface area contributed by atoms with E-state index in [2.05, 4.69) is 0 Å². The standard InChI is InChI=1S/C16H25FN2O3S/c1-4-5-11-18(2)16(20)13-19(23(3,21)22)12-10-14-6-8-15(17)9-7-14/h6-9H,4-5,10-13H2,1-3H3. The van der Waals surface area contributed by atoms with Gasteiger partial charge in [-0.1, -0.05) is 25.5 Å². The van der Waals surface area contributed by atoms with Crippen LogP contribution in [0.15, 0.2) is 24.3 Å². The molecule has 1 amide bonds. The maximum atomic E-state index is 12.9. The lowest BCUT2D eigenvalue weighted by Crippen LogP contribution is -2.42. The van der Waals surface area contributed by atoms with Crippen molar-refractivity contribution in [3.8, 4) is 0 Å². The number of halogens is 1. The van der Waals surface area contributed by atoms with E-state index in [0.29, 0.717) is 13.0 Å². The first-order valence-corrected chi connectivity index (χ1v) is 9.52. The van der Waals surface area contributed by atoms with Crippen LogP contribution in [0, 0.1) is 5.82 Å². The van der Waals surface area contributed by atoms with Gasteiger partial charge >= 0.3 is 0 Å². The molecule has 0 saturated carbocycles. The molecule has 0 atom stereocenters. The molecule has 0 heterocycles. The van der Waals surface area contributed by atoms with Gasteiger partial charge in [-0.2, -0.15) is 4.31 Å². The first kappa shape index (κ1) is 19.6. The molecular formula is C16H25FN2O3S. The van der Waals surface area contributed by atoms with E-state index in [-0.39, 0.29) is 24.8 Å². The van der Waals surface area contributed by atoms with E-state index in [0.717, 1.165) is 24.7 Å². The third kappa shape index (κ3) is 7.09. The maximum absolute atomic E-state index is 12.9. The van der Waals surface area contributed by atoms with Gasteiger partial charge in [-0.3, -0.25) is 4.79 Å². The van der Waals surface area contributed by atoms with Gasteiger partial charge in [0.05, 0.1) is 12.8 Å². The number of benzene rings is 1. The van der Waals surface area contributed by atoms with Gasteiger partial charge in [0.25, 0.3) is 0 Å². The van der Waals surface area contributed by atoms with Crippen LogP contribution in [0.3, 0.4) is 0 Å². The highest BCUT2D eigenvalue weighted by Crippen LogP contribution is 2.07. The largest absolute Gasteiger partial charge is 0.345 e. The number of hydrogen-bond acceptors (Lipinski definition) is 3. The van der Waals surface area contributed by atoms with Crippen molar-refractivity contribution in [3.05, 3.63) is 35.6 Å². The second-order valence-corrected chi connectivity index (χ2v) is 7.62. The predicted octanol–water partition coefficient (Wildman–Crippen LogP) is 1.89. The highest BCUT2D eigenvalue weighted by atomic mass is 32.2. The number of likely N-dealkylation sites (N-methyl/N-ethyl adjacent to an activating group) is 1. The van der Waals surface area contributed by atoms with Crippen LogP contribution in [0.2, 0.25) is 0 Å². The van der Waals surface area contributed by atoms with Gasteiger partial charge in [0.15, 0.2) is 0 Å². The van der Waals surface area contributed by atoms with Crippen molar-refractivity contribution in [1.29, 1.82) is 0 Å². The molecule has 1 aromatic rings. The first-order chi connectivity index (χ1) is 10.7. The lowest BCUT2D eigenvalue weighted by atomic mass is 10.1. The van der Waals surface area contributed by atoms with Gasteiger partial charge in [0.1, 0.15) is 5.82 Å². The third-order valence-electron chi connectivity index (χ3n) is 3.62. The molecule has 0 saturated heterocycles. The molecule has 23 heavy (non-hydrogen) atoms. The predicted molar refractivity (Wildman–Crippen MR) is 89.1 cm³/mol. The molecule has 0 aromatic heterocycles. The van der Waals surface area contributed by atoms with Crippen molar-refractivity contribution in [2.45, 2.75) is 26.2 Å². The minimum absolute atomic E-state index is 0.166. The quantitative estimate of drug-likeness (QED) is 0.687. The molecule has 0 unspecified atom stereocenters. The van der Waals surface area contributed by atoms with Crippen LogP contribution >= 0.6 is 0 Å². The van der Waals surface area contributed by atoms with Gasteiger partial charge in [-0.25, -0.2) is 12.8 Å². The number of hydrogen-bond donors (Lipinski definition) is 0. The summed E-state index contributed by atoms with van der Waals surface area (Å²) in [4.78, 5) is 13.7. The lowest BCUT2D eigenvalue weighted by Gasteiger charge is -2.23. The van der Waals surface area contributed by atoms with Crippen LogP contribution in [-0.4, -0.2) is 56.5 Å². The summed E-state index contributed by atoms with van der Waals surface area (Å²) in [7, 11) is -1.80. The summed E-state index contributed by atoms with van der Waals surface area (Å²) in [5.41, 5.74) is 0.826. The van der Waals surface area contributed by atoms with Gasteiger partial charge in [0.2, 0.25) is 15.9 Å². The molecule has 1 aromatic carbocycles. The Morgan fingerprint density at radius 3 is 2.30 bits per heavy atom. The number of carbonyl (C=O) groups is 1. The summed E-state index contributed by atoms with van der Waals surface area (Å²) in [6.45, 7) is 2.67. The fraction of sp³-hybridized carbons (Fsp3) is 0.562.